The summed E-state index contributed by atoms with van der Waals surface area (Å²) in [5.74, 6) is 0.110. The SMILES string of the molecule is CCn1nc(C)c2c1cnn2CCC(=O)N(C)C. The van der Waals surface area contributed by atoms with Crippen LogP contribution in [-0.4, -0.2) is 44.5 Å². The molecule has 2 rings (SSSR count). The van der Waals surface area contributed by atoms with Gasteiger partial charge in [0.15, 0.2) is 0 Å². The van der Waals surface area contributed by atoms with E-state index in [1.807, 2.05) is 22.5 Å². The molecular weight excluding hydrogens is 230 g/mol. The summed E-state index contributed by atoms with van der Waals surface area (Å²) in [6.07, 6.45) is 2.28. The normalized spacial score (nSPS) is 11.1. The summed E-state index contributed by atoms with van der Waals surface area (Å²) in [6, 6.07) is 0. The first-order valence-corrected chi connectivity index (χ1v) is 6.13. The molecule has 0 bridgehead atoms. The number of rotatable bonds is 4. The minimum absolute atomic E-state index is 0.110. The Morgan fingerprint density at radius 2 is 2.11 bits per heavy atom. The fourth-order valence-electron chi connectivity index (χ4n) is 2.05. The Balaban J connectivity index is 2.24. The van der Waals surface area contributed by atoms with Gasteiger partial charge in [-0.25, -0.2) is 0 Å². The summed E-state index contributed by atoms with van der Waals surface area (Å²) in [7, 11) is 3.53. The Morgan fingerprint density at radius 3 is 2.72 bits per heavy atom. The molecule has 0 unspecified atom stereocenters. The van der Waals surface area contributed by atoms with Crippen molar-refractivity contribution in [2.75, 3.05) is 14.1 Å². The van der Waals surface area contributed by atoms with Crippen molar-refractivity contribution in [3.8, 4) is 0 Å². The number of hydrogen-bond acceptors (Lipinski definition) is 3. The van der Waals surface area contributed by atoms with E-state index < -0.39 is 0 Å². The molecule has 0 aliphatic carbocycles. The van der Waals surface area contributed by atoms with E-state index in [0.29, 0.717) is 13.0 Å². The number of hydrogen-bond donors (Lipinski definition) is 0. The van der Waals surface area contributed by atoms with Crippen LogP contribution in [0.15, 0.2) is 6.20 Å². The predicted octanol–water partition coefficient (Wildman–Crippen LogP) is 1.04. The molecule has 0 atom stereocenters. The van der Waals surface area contributed by atoms with Crippen LogP contribution in [0.1, 0.15) is 19.0 Å². The third kappa shape index (κ3) is 2.10. The third-order valence-electron chi connectivity index (χ3n) is 3.05. The number of aryl methyl sites for hydroxylation is 3. The van der Waals surface area contributed by atoms with Gasteiger partial charge in [0.05, 0.1) is 18.4 Å². The number of aromatic nitrogens is 4. The Morgan fingerprint density at radius 1 is 1.39 bits per heavy atom. The van der Waals surface area contributed by atoms with Crippen LogP contribution < -0.4 is 0 Å². The third-order valence-corrected chi connectivity index (χ3v) is 3.05. The summed E-state index contributed by atoms with van der Waals surface area (Å²) >= 11 is 0. The first-order chi connectivity index (χ1) is 8.54. The average Bonchev–Trinajstić information content (AvgIpc) is 2.88. The Hall–Kier alpha value is -1.85. The van der Waals surface area contributed by atoms with Gasteiger partial charge >= 0.3 is 0 Å². The van der Waals surface area contributed by atoms with Crippen molar-refractivity contribution in [3.63, 3.8) is 0 Å². The maximum Gasteiger partial charge on any atom is 0.223 e. The number of carbonyl (C=O) groups excluding carboxylic acids is 1. The standard InChI is InChI=1S/C12H19N5O/c1-5-16-10-8-13-17(12(10)9(2)14-16)7-6-11(18)15(3)4/h8H,5-7H2,1-4H3. The van der Waals surface area contributed by atoms with Crippen molar-refractivity contribution in [1.29, 1.82) is 0 Å². The highest BCUT2D eigenvalue weighted by Gasteiger charge is 2.13. The lowest BCUT2D eigenvalue weighted by Crippen LogP contribution is -2.23. The molecule has 0 fully saturated rings. The summed E-state index contributed by atoms with van der Waals surface area (Å²) in [5.41, 5.74) is 3.03. The topological polar surface area (TPSA) is 56.0 Å². The van der Waals surface area contributed by atoms with Gasteiger partial charge in [0.1, 0.15) is 11.0 Å². The van der Waals surface area contributed by atoms with Gasteiger partial charge in [-0.1, -0.05) is 0 Å². The summed E-state index contributed by atoms with van der Waals surface area (Å²) in [4.78, 5) is 13.2. The highest BCUT2D eigenvalue weighted by atomic mass is 16.2. The van der Waals surface area contributed by atoms with Crippen molar-refractivity contribution >= 4 is 16.9 Å². The fraction of sp³-hybridized carbons (Fsp3) is 0.583. The first kappa shape index (κ1) is 12.6. The molecule has 6 heteroatoms. The molecule has 98 valence electrons. The van der Waals surface area contributed by atoms with Crippen LogP contribution in [0.5, 0.6) is 0 Å². The monoisotopic (exact) mass is 249 g/mol. The lowest BCUT2D eigenvalue weighted by molar-refractivity contribution is -0.128. The van der Waals surface area contributed by atoms with E-state index >= 15 is 0 Å². The molecule has 0 saturated carbocycles. The molecule has 0 radical (unpaired) electrons. The van der Waals surface area contributed by atoms with Crippen LogP contribution in [0.25, 0.3) is 11.0 Å². The van der Waals surface area contributed by atoms with E-state index in [2.05, 4.69) is 17.1 Å². The minimum Gasteiger partial charge on any atom is -0.349 e. The van der Waals surface area contributed by atoms with Crippen molar-refractivity contribution in [2.45, 2.75) is 33.4 Å². The molecule has 0 spiro atoms. The van der Waals surface area contributed by atoms with Gasteiger partial charge in [-0.05, 0) is 13.8 Å². The quantitative estimate of drug-likeness (QED) is 0.813. The molecule has 6 nitrogen and oxygen atoms in total. The molecule has 18 heavy (non-hydrogen) atoms. The summed E-state index contributed by atoms with van der Waals surface area (Å²) in [6.45, 7) is 5.45. The first-order valence-electron chi connectivity index (χ1n) is 6.13. The van der Waals surface area contributed by atoms with E-state index in [4.69, 9.17) is 0 Å². The van der Waals surface area contributed by atoms with Crippen molar-refractivity contribution in [2.24, 2.45) is 0 Å². The second-order valence-electron chi connectivity index (χ2n) is 4.54. The predicted molar refractivity (Wildman–Crippen MR) is 69.2 cm³/mol. The molecule has 1 amide bonds. The molecule has 2 heterocycles. The van der Waals surface area contributed by atoms with Crippen LogP contribution in [0, 0.1) is 6.92 Å². The second-order valence-corrected chi connectivity index (χ2v) is 4.54. The maximum absolute atomic E-state index is 11.6. The number of fused-ring (bicyclic) bond motifs is 1. The molecule has 0 N–H and O–H groups in total. The van der Waals surface area contributed by atoms with E-state index in [9.17, 15) is 4.79 Å². The minimum atomic E-state index is 0.110. The molecule has 0 aromatic carbocycles. The van der Waals surface area contributed by atoms with Gasteiger partial charge in [-0.15, -0.1) is 0 Å². The lowest BCUT2D eigenvalue weighted by Gasteiger charge is -2.09. The summed E-state index contributed by atoms with van der Waals surface area (Å²) < 4.78 is 3.80. The van der Waals surface area contributed by atoms with Gasteiger partial charge in [0.2, 0.25) is 5.91 Å². The average molecular weight is 249 g/mol. The second kappa shape index (κ2) is 4.80. The Labute approximate surface area is 106 Å². The number of carbonyl (C=O) groups is 1. The van der Waals surface area contributed by atoms with Gasteiger partial charge in [0.25, 0.3) is 0 Å². The molecule has 2 aromatic rings. The largest absolute Gasteiger partial charge is 0.349 e. The summed E-state index contributed by atoms with van der Waals surface area (Å²) in [5, 5.41) is 8.79. The lowest BCUT2D eigenvalue weighted by atomic mass is 10.3. The molecule has 2 aromatic heterocycles. The zero-order valence-corrected chi connectivity index (χ0v) is 11.3. The van der Waals surface area contributed by atoms with Crippen LogP contribution in [0.4, 0.5) is 0 Å². The molecule has 0 saturated heterocycles. The molecular formula is C12H19N5O. The van der Waals surface area contributed by atoms with Crippen LogP contribution in [0.3, 0.4) is 0 Å². The van der Waals surface area contributed by atoms with Crippen LogP contribution in [-0.2, 0) is 17.9 Å². The maximum atomic E-state index is 11.6. The van der Waals surface area contributed by atoms with Crippen molar-refractivity contribution in [1.82, 2.24) is 24.5 Å². The van der Waals surface area contributed by atoms with Gasteiger partial charge in [-0.2, -0.15) is 10.2 Å². The zero-order valence-electron chi connectivity index (χ0n) is 11.3. The van der Waals surface area contributed by atoms with Gasteiger partial charge in [-0.3, -0.25) is 14.2 Å². The van der Waals surface area contributed by atoms with Crippen molar-refractivity contribution in [3.05, 3.63) is 11.9 Å². The highest BCUT2D eigenvalue weighted by Crippen LogP contribution is 2.18. The highest BCUT2D eigenvalue weighted by molar-refractivity contribution is 5.78. The van der Waals surface area contributed by atoms with Gasteiger partial charge < -0.3 is 4.90 Å². The van der Waals surface area contributed by atoms with Crippen LogP contribution >= 0.6 is 0 Å². The molecule has 0 aliphatic rings. The fourth-order valence-corrected chi connectivity index (χ4v) is 2.05. The zero-order chi connectivity index (χ0) is 13.3. The number of nitrogens with zero attached hydrogens (tertiary/aromatic N) is 5. The Bertz CT molecular complexity index is 566. The van der Waals surface area contributed by atoms with E-state index in [0.717, 1.165) is 23.3 Å². The van der Waals surface area contributed by atoms with E-state index in [1.165, 1.54) is 0 Å². The smallest absolute Gasteiger partial charge is 0.223 e. The van der Waals surface area contributed by atoms with E-state index in [1.54, 1.807) is 19.0 Å². The number of amides is 1. The Kier molecular flexibility index (Phi) is 3.36. The van der Waals surface area contributed by atoms with Crippen LogP contribution in [0.2, 0.25) is 0 Å². The van der Waals surface area contributed by atoms with Crippen molar-refractivity contribution < 1.29 is 4.79 Å². The van der Waals surface area contributed by atoms with E-state index in [-0.39, 0.29) is 5.91 Å². The molecule has 0 aliphatic heterocycles. The van der Waals surface area contributed by atoms with Gasteiger partial charge in [0, 0.05) is 27.1 Å².